The summed E-state index contributed by atoms with van der Waals surface area (Å²) in [5.41, 5.74) is 0. The molecule has 0 heterocycles. The van der Waals surface area contributed by atoms with Gasteiger partial charge >= 0.3 is 0 Å². The normalized spacial score (nSPS) is 14.3. The van der Waals surface area contributed by atoms with E-state index in [1.165, 1.54) is 6.08 Å². The van der Waals surface area contributed by atoms with E-state index in [1.807, 2.05) is 0 Å². The molecule has 0 aromatic carbocycles. The lowest BCUT2D eigenvalue weighted by Crippen LogP contribution is -2.25. The predicted octanol–water partition coefficient (Wildman–Crippen LogP) is 2.31. The molecule has 0 saturated carbocycles. The second kappa shape index (κ2) is 5.19. The maximum absolute atomic E-state index is 12.3. The Labute approximate surface area is 69.9 Å². The van der Waals surface area contributed by atoms with Crippen molar-refractivity contribution in [2.75, 3.05) is 6.67 Å². The molecule has 4 heteroatoms. The quantitative estimate of drug-likeness (QED) is 0.625. The first-order valence-electron chi connectivity index (χ1n) is 3.74. The number of rotatable bonds is 6. The minimum atomic E-state index is -3.39. The molecule has 0 rings (SSSR count). The molecule has 0 spiro atoms. The number of aliphatic hydroxyl groups is 1. The Hall–Kier alpha value is -0.510. The van der Waals surface area contributed by atoms with Crippen LogP contribution in [-0.2, 0) is 0 Å². The summed E-state index contributed by atoms with van der Waals surface area (Å²) in [6.07, 6.45) is 0.241. The number of allylic oxidation sites excluding steroid dienone is 1. The highest BCUT2D eigenvalue weighted by Crippen LogP contribution is 2.22. The largest absolute Gasteiger partial charge is 0.393 e. The smallest absolute Gasteiger partial charge is 0.278 e. The van der Waals surface area contributed by atoms with Gasteiger partial charge in [-0.3, -0.25) is 0 Å². The predicted molar refractivity (Wildman–Crippen MR) is 41.0 cm³/mol. The summed E-state index contributed by atoms with van der Waals surface area (Å²) in [6, 6.07) is 0. The molecule has 72 valence electrons. The number of aliphatic hydroxyl groups excluding tert-OH is 1. The van der Waals surface area contributed by atoms with Gasteiger partial charge in [-0.2, -0.15) is 0 Å². The summed E-state index contributed by atoms with van der Waals surface area (Å²) >= 11 is 0. The van der Waals surface area contributed by atoms with Gasteiger partial charge in [0, 0.05) is 6.42 Å². The van der Waals surface area contributed by atoms with Crippen molar-refractivity contribution in [3.8, 4) is 0 Å². The number of halogens is 3. The second-order valence-electron chi connectivity index (χ2n) is 2.71. The summed E-state index contributed by atoms with van der Waals surface area (Å²) in [7, 11) is 0. The molecular weight excluding hydrogens is 169 g/mol. The third-order valence-electron chi connectivity index (χ3n) is 1.43. The Morgan fingerprint density at radius 1 is 1.50 bits per heavy atom. The fourth-order valence-electron chi connectivity index (χ4n) is 0.812. The van der Waals surface area contributed by atoms with E-state index < -0.39 is 25.1 Å². The van der Waals surface area contributed by atoms with Gasteiger partial charge in [-0.15, -0.1) is 6.58 Å². The number of hydrogen-bond donors (Lipinski definition) is 1. The fourth-order valence-corrected chi connectivity index (χ4v) is 0.812. The third kappa shape index (κ3) is 5.18. The highest BCUT2D eigenvalue weighted by Gasteiger charge is 2.31. The molecule has 1 atom stereocenters. The Kier molecular flexibility index (Phi) is 4.97. The number of hydrogen-bond acceptors (Lipinski definition) is 1. The molecule has 0 fully saturated rings. The van der Waals surface area contributed by atoms with Crippen LogP contribution in [0.25, 0.3) is 0 Å². The van der Waals surface area contributed by atoms with Crippen LogP contribution < -0.4 is 0 Å². The lowest BCUT2D eigenvalue weighted by Gasteiger charge is -2.15. The first-order chi connectivity index (χ1) is 5.52. The van der Waals surface area contributed by atoms with Crippen LogP contribution in [0, 0.1) is 0 Å². The van der Waals surface area contributed by atoms with Crippen molar-refractivity contribution in [1.29, 1.82) is 0 Å². The standard InChI is InChI=1S/C8H13F3O/c1-2-3-4-7(12)5-8(10,11)6-9/h2,7,12H,1,3-6H2. The van der Waals surface area contributed by atoms with E-state index in [9.17, 15) is 13.2 Å². The van der Waals surface area contributed by atoms with Gasteiger partial charge in [0.2, 0.25) is 0 Å². The van der Waals surface area contributed by atoms with E-state index in [4.69, 9.17) is 5.11 Å². The zero-order valence-corrected chi connectivity index (χ0v) is 6.77. The lowest BCUT2D eigenvalue weighted by atomic mass is 10.1. The molecule has 0 saturated heterocycles. The maximum Gasteiger partial charge on any atom is 0.278 e. The number of alkyl halides is 3. The van der Waals surface area contributed by atoms with E-state index in [0.717, 1.165) is 0 Å². The molecule has 0 aliphatic carbocycles. The van der Waals surface area contributed by atoms with Crippen molar-refractivity contribution in [2.45, 2.75) is 31.3 Å². The summed E-state index contributed by atoms with van der Waals surface area (Å²) in [6.45, 7) is 1.67. The van der Waals surface area contributed by atoms with Crippen LogP contribution in [0.5, 0.6) is 0 Å². The summed E-state index contributed by atoms with van der Waals surface area (Å²) in [5.74, 6) is -3.39. The first-order valence-corrected chi connectivity index (χ1v) is 3.74. The SMILES string of the molecule is C=CCCC(O)CC(F)(F)CF. The zero-order chi connectivity index (χ0) is 9.61. The van der Waals surface area contributed by atoms with Gasteiger partial charge in [0.05, 0.1) is 6.10 Å². The molecule has 12 heavy (non-hydrogen) atoms. The van der Waals surface area contributed by atoms with E-state index in [2.05, 4.69) is 6.58 Å². The molecule has 1 nitrogen and oxygen atoms in total. The van der Waals surface area contributed by atoms with Gasteiger partial charge in [0.1, 0.15) is 0 Å². The van der Waals surface area contributed by atoms with Crippen LogP contribution in [0.2, 0.25) is 0 Å². The molecule has 0 aliphatic rings. The maximum atomic E-state index is 12.3. The lowest BCUT2D eigenvalue weighted by molar-refractivity contribution is -0.0619. The van der Waals surface area contributed by atoms with Crippen LogP contribution >= 0.6 is 0 Å². The summed E-state index contributed by atoms with van der Waals surface area (Å²) < 4.78 is 36.1. The second-order valence-corrected chi connectivity index (χ2v) is 2.71. The van der Waals surface area contributed by atoms with E-state index in [0.29, 0.717) is 6.42 Å². The van der Waals surface area contributed by atoms with Crippen LogP contribution in [0.15, 0.2) is 12.7 Å². The minimum Gasteiger partial charge on any atom is -0.393 e. The van der Waals surface area contributed by atoms with Crippen molar-refractivity contribution in [1.82, 2.24) is 0 Å². The molecule has 0 aromatic heterocycles. The third-order valence-corrected chi connectivity index (χ3v) is 1.43. The highest BCUT2D eigenvalue weighted by atomic mass is 19.3. The van der Waals surface area contributed by atoms with Gasteiger partial charge in [-0.25, -0.2) is 13.2 Å². The Morgan fingerprint density at radius 2 is 2.08 bits per heavy atom. The summed E-state index contributed by atoms with van der Waals surface area (Å²) in [5, 5.41) is 8.95. The van der Waals surface area contributed by atoms with Gasteiger partial charge in [0.15, 0.2) is 6.67 Å². The van der Waals surface area contributed by atoms with Crippen molar-refractivity contribution in [2.24, 2.45) is 0 Å². The van der Waals surface area contributed by atoms with Crippen LogP contribution in [-0.4, -0.2) is 23.8 Å². The average molecular weight is 182 g/mol. The first kappa shape index (κ1) is 11.5. The van der Waals surface area contributed by atoms with E-state index in [1.54, 1.807) is 0 Å². The molecule has 1 unspecified atom stereocenters. The monoisotopic (exact) mass is 182 g/mol. The van der Waals surface area contributed by atoms with E-state index in [-0.39, 0.29) is 6.42 Å². The van der Waals surface area contributed by atoms with Gasteiger partial charge < -0.3 is 5.11 Å². The fraction of sp³-hybridized carbons (Fsp3) is 0.750. The Bertz CT molecular complexity index is 136. The van der Waals surface area contributed by atoms with Gasteiger partial charge in [-0.1, -0.05) is 6.08 Å². The van der Waals surface area contributed by atoms with Crippen molar-refractivity contribution < 1.29 is 18.3 Å². The zero-order valence-electron chi connectivity index (χ0n) is 6.77. The minimum absolute atomic E-state index is 0.207. The Morgan fingerprint density at radius 3 is 2.50 bits per heavy atom. The average Bonchev–Trinajstić information content (AvgIpc) is 2.00. The summed E-state index contributed by atoms with van der Waals surface area (Å²) in [4.78, 5) is 0. The van der Waals surface area contributed by atoms with Crippen molar-refractivity contribution in [3.05, 3.63) is 12.7 Å². The Balaban J connectivity index is 3.67. The molecule has 0 aliphatic heterocycles. The van der Waals surface area contributed by atoms with E-state index >= 15 is 0 Å². The molecular formula is C8H13F3O. The molecule has 1 N–H and O–H groups in total. The topological polar surface area (TPSA) is 20.2 Å². The molecule has 0 bridgehead atoms. The van der Waals surface area contributed by atoms with Crippen LogP contribution in [0.3, 0.4) is 0 Å². The van der Waals surface area contributed by atoms with Crippen LogP contribution in [0.4, 0.5) is 13.2 Å². The van der Waals surface area contributed by atoms with Crippen molar-refractivity contribution >= 4 is 0 Å². The molecule has 0 radical (unpaired) electrons. The van der Waals surface area contributed by atoms with Crippen molar-refractivity contribution in [3.63, 3.8) is 0 Å². The molecule has 0 aromatic rings. The van der Waals surface area contributed by atoms with Gasteiger partial charge in [0.25, 0.3) is 5.92 Å². The van der Waals surface area contributed by atoms with Crippen LogP contribution in [0.1, 0.15) is 19.3 Å². The molecule has 0 amide bonds. The highest BCUT2D eigenvalue weighted by molar-refractivity contribution is 4.74. The van der Waals surface area contributed by atoms with Gasteiger partial charge in [-0.05, 0) is 12.8 Å².